The number of nitrogens with one attached hydrogen (secondary N) is 1. The van der Waals surface area contributed by atoms with Gasteiger partial charge in [-0.1, -0.05) is 28.1 Å². The topological polar surface area (TPSA) is 38.0 Å². The van der Waals surface area contributed by atoms with Gasteiger partial charge < -0.3 is 0 Å². The summed E-state index contributed by atoms with van der Waals surface area (Å²) in [6.45, 7) is 2.02. The zero-order valence-electron chi connectivity index (χ0n) is 6.34. The molecule has 0 heterocycles. The van der Waals surface area contributed by atoms with Gasteiger partial charge in [0.25, 0.3) is 0 Å². The minimum atomic E-state index is 0.211. The molecule has 0 spiro atoms. The predicted octanol–water partition coefficient (Wildman–Crippen LogP) is 1.97. The third-order valence-corrected chi connectivity index (χ3v) is 2.15. The summed E-state index contributed by atoms with van der Waals surface area (Å²) in [4.78, 5) is 0. The van der Waals surface area contributed by atoms with E-state index in [0.29, 0.717) is 0 Å². The van der Waals surface area contributed by atoms with Crippen LogP contribution in [0.25, 0.3) is 0 Å². The maximum Gasteiger partial charge on any atom is 0.0431 e. The molecule has 1 rings (SSSR count). The maximum absolute atomic E-state index is 5.28. The van der Waals surface area contributed by atoms with Gasteiger partial charge in [-0.25, -0.2) is 0 Å². The van der Waals surface area contributed by atoms with Crippen molar-refractivity contribution in [2.45, 2.75) is 13.0 Å². The molecule has 0 amide bonds. The first-order valence-electron chi connectivity index (χ1n) is 3.45. The van der Waals surface area contributed by atoms with E-state index in [0.717, 1.165) is 4.47 Å². The number of nitrogens with two attached hydrogens (primary N) is 1. The molecule has 0 aliphatic rings. The van der Waals surface area contributed by atoms with Gasteiger partial charge in [-0.3, -0.25) is 11.3 Å². The number of rotatable bonds is 2. The molecule has 1 atom stereocenters. The lowest BCUT2D eigenvalue weighted by Gasteiger charge is -2.09. The Morgan fingerprint density at radius 3 is 2.36 bits per heavy atom. The van der Waals surface area contributed by atoms with E-state index in [9.17, 15) is 0 Å². The Morgan fingerprint density at radius 2 is 1.91 bits per heavy atom. The third kappa shape index (κ3) is 2.29. The van der Waals surface area contributed by atoms with E-state index in [1.54, 1.807) is 0 Å². The summed E-state index contributed by atoms with van der Waals surface area (Å²) in [5.41, 5.74) is 3.88. The molecule has 11 heavy (non-hydrogen) atoms. The van der Waals surface area contributed by atoms with Crippen LogP contribution in [0.2, 0.25) is 0 Å². The summed E-state index contributed by atoms with van der Waals surface area (Å²) in [6.07, 6.45) is 0. The molecule has 0 bridgehead atoms. The standard InChI is InChI=1S/C8H11BrN2/c1-6(11-10)7-2-4-8(9)5-3-7/h2-6,11H,10H2,1H3/t6-/m1/s1. The summed E-state index contributed by atoms with van der Waals surface area (Å²) < 4.78 is 1.09. The number of benzene rings is 1. The highest BCUT2D eigenvalue weighted by Crippen LogP contribution is 2.15. The van der Waals surface area contributed by atoms with Crippen molar-refractivity contribution in [2.75, 3.05) is 0 Å². The Morgan fingerprint density at radius 1 is 1.36 bits per heavy atom. The van der Waals surface area contributed by atoms with Crippen molar-refractivity contribution in [1.29, 1.82) is 0 Å². The number of halogens is 1. The van der Waals surface area contributed by atoms with Crippen molar-refractivity contribution < 1.29 is 0 Å². The normalized spacial score (nSPS) is 13.0. The van der Waals surface area contributed by atoms with Gasteiger partial charge in [-0.15, -0.1) is 0 Å². The van der Waals surface area contributed by atoms with Crippen LogP contribution in [-0.2, 0) is 0 Å². The van der Waals surface area contributed by atoms with Crippen LogP contribution in [0.5, 0.6) is 0 Å². The molecular formula is C8H11BrN2. The van der Waals surface area contributed by atoms with Gasteiger partial charge in [0.05, 0.1) is 0 Å². The summed E-state index contributed by atoms with van der Waals surface area (Å²) in [5, 5.41) is 0. The Balaban J connectivity index is 2.81. The van der Waals surface area contributed by atoms with Crippen LogP contribution in [0, 0.1) is 0 Å². The summed E-state index contributed by atoms with van der Waals surface area (Å²) >= 11 is 3.36. The second-order valence-corrected chi connectivity index (χ2v) is 3.36. The van der Waals surface area contributed by atoms with E-state index in [2.05, 4.69) is 21.4 Å². The first kappa shape index (κ1) is 8.71. The van der Waals surface area contributed by atoms with E-state index in [1.807, 2.05) is 31.2 Å². The van der Waals surface area contributed by atoms with E-state index < -0.39 is 0 Å². The van der Waals surface area contributed by atoms with Crippen LogP contribution in [0.15, 0.2) is 28.7 Å². The smallest absolute Gasteiger partial charge is 0.0431 e. The molecule has 0 fully saturated rings. The Hall–Kier alpha value is -0.380. The third-order valence-electron chi connectivity index (χ3n) is 1.62. The fourth-order valence-electron chi connectivity index (χ4n) is 0.848. The quantitative estimate of drug-likeness (QED) is 0.584. The maximum atomic E-state index is 5.28. The molecule has 0 aromatic heterocycles. The van der Waals surface area contributed by atoms with Crippen molar-refractivity contribution in [3.8, 4) is 0 Å². The fourth-order valence-corrected chi connectivity index (χ4v) is 1.11. The monoisotopic (exact) mass is 214 g/mol. The van der Waals surface area contributed by atoms with E-state index in [1.165, 1.54) is 5.56 Å². The summed E-state index contributed by atoms with van der Waals surface area (Å²) in [7, 11) is 0. The van der Waals surface area contributed by atoms with E-state index >= 15 is 0 Å². The van der Waals surface area contributed by atoms with Crippen LogP contribution in [-0.4, -0.2) is 0 Å². The van der Waals surface area contributed by atoms with Crippen LogP contribution in [0.4, 0.5) is 0 Å². The molecule has 0 aliphatic heterocycles. The lowest BCUT2D eigenvalue weighted by Crippen LogP contribution is -2.25. The molecule has 2 nitrogen and oxygen atoms in total. The highest BCUT2D eigenvalue weighted by Gasteiger charge is 2.00. The first-order valence-corrected chi connectivity index (χ1v) is 4.25. The Bertz CT molecular complexity index is 220. The van der Waals surface area contributed by atoms with Gasteiger partial charge in [0.15, 0.2) is 0 Å². The van der Waals surface area contributed by atoms with Gasteiger partial charge in [0, 0.05) is 10.5 Å². The molecule has 1 aromatic rings. The molecule has 1 aromatic carbocycles. The molecule has 0 unspecified atom stereocenters. The largest absolute Gasteiger partial charge is 0.271 e. The van der Waals surface area contributed by atoms with Crippen LogP contribution < -0.4 is 11.3 Å². The predicted molar refractivity (Wildman–Crippen MR) is 49.9 cm³/mol. The summed E-state index contributed by atoms with van der Waals surface area (Å²) in [5.74, 6) is 5.28. The average Bonchev–Trinajstić information content (AvgIpc) is 2.05. The van der Waals surface area contributed by atoms with Crippen LogP contribution in [0.3, 0.4) is 0 Å². The highest BCUT2D eigenvalue weighted by atomic mass is 79.9. The molecule has 3 N–H and O–H groups in total. The van der Waals surface area contributed by atoms with Crippen molar-refractivity contribution in [2.24, 2.45) is 5.84 Å². The van der Waals surface area contributed by atoms with Gasteiger partial charge in [0.2, 0.25) is 0 Å². The number of hydrogen-bond donors (Lipinski definition) is 2. The fraction of sp³-hybridized carbons (Fsp3) is 0.250. The minimum Gasteiger partial charge on any atom is -0.271 e. The second kappa shape index (κ2) is 3.85. The van der Waals surface area contributed by atoms with Crippen LogP contribution in [0.1, 0.15) is 18.5 Å². The molecule has 0 saturated heterocycles. The van der Waals surface area contributed by atoms with Gasteiger partial charge in [-0.2, -0.15) is 0 Å². The van der Waals surface area contributed by atoms with E-state index in [4.69, 9.17) is 5.84 Å². The second-order valence-electron chi connectivity index (χ2n) is 2.44. The molecular weight excluding hydrogens is 204 g/mol. The minimum absolute atomic E-state index is 0.211. The highest BCUT2D eigenvalue weighted by molar-refractivity contribution is 9.10. The first-order chi connectivity index (χ1) is 5.24. The molecule has 60 valence electrons. The molecule has 0 aliphatic carbocycles. The molecule has 0 saturated carbocycles. The van der Waals surface area contributed by atoms with Gasteiger partial charge >= 0.3 is 0 Å². The zero-order chi connectivity index (χ0) is 8.27. The van der Waals surface area contributed by atoms with Crippen molar-refractivity contribution in [3.63, 3.8) is 0 Å². The Labute approximate surface area is 74.9 Å². The summed E-state index contributed by atoms with van der Waals surface area (Å²) in [6, 6.07) is 8.29. The average molecular weight is 215 g/mol. The SMILES string of the molecule is C[C@@H](NN)c1ccc(Br)cc1. The number of hydrogen-bond acceptors (Lipinski definition) is 2. The van der Waals surface area contributed by atoms with Gasteiger partial charge in [-0.05, 0) is 24.6 Å². The zero-order valence-corrected chi connectivity index (χ0v) is 7.93. The van der Waals surface area contributed by atoms with Crippen molar-refractivity contribution in [3.05, 3.63) is 34.3 Å². The lowest BCUT2D eigenvalue weighted by atomic mass is 10.1. The number of hydrazine groups is 1. The van der Waals surface area contributed by atoms with E-state index in [-0.39, 0.29) is 6.04 Å². The van der Waals surface area contributed by atoms with Gasteiger partial charge in [0.1, 0.15) is 0 Å². The van der Waals surface area contributed by atoms with Crippen LogP contribution >= 0.6 is 15.9 Å². The molecule has 3 heteroatoms. The lowest BCUT2D eigenvalue weighted by molar-refractivity contribution is 0.602. The molecule has 0 radical (unpaired) electrons. The van der Waals surface area contributed by atoms with Crippen molar-refractivity contribution in [1.82, 2.24) is 5.43 Å². The van der Waals surface area contributed by atoms with Crippen molar-refractivity contribution >= 4 is 15.9 Å². The Kier molecular flexibility index (Phi) is 3.05.